The standard InChI is InChI=1S/C20H15BrINO5/c1-10-6-13(4-5-15(10)22)19-23-16(20(25)28-19)8-12-7-14(21)18(27-11(2)24)17(9-12)26-3/h4-9H,1-3H3/b16-8-. The van der Waals surface area contributed by atoms with E-state index < -0.39 is 11.9 Å². The summed E-state index contributed by atoms with van der Waals surface area (Å²) in [6.07, 6.45) is 1.58. The molecule has 0 bridgehead atoms. The molecule has 1 aliphatic heterocycles. The molecule has 0 N–H and O–H groups in total. The van der Waals surface area contributed by atoms with Gasteiger partial charge >= 0.3 is 11.9 Å². The Balaban J connectivity index is 1.97. The lowest BCUT2D eigenvalue weighted by Crippen LogP contribution is -2.06. The lowest BCUT2D eigenvalue weighted by atomic mass is 10.1. The van der Waals surface area contributed by atoms with Gasteiger partial charge in [-0.05, 0) is 93.0 Å². The molecule has 0 spiro atoms. The van der Waals surface area contributed by atoms with Crippen LogP contribution in [0.4, 0.5) is 0 Å². The zero-order valence-corrected chi connectivity index (χ0v) is 19.0. The zero-order valence-electron chi connectivity index (χ0n) is 15.2. The number of benzene rings is 2. The average Bonchev–Trinajstić information content (AvgIpc) is 2.99. The molecule has 1 heterocycles. The quantitative estimate of drug-likeness (QED) is 0.238. The molecule has 28 heavy (non-hydrogen) atoms. The summed E-state index contributed by atoms with van der Waals surface area (Å²) in [7, 11) is 1.46. The number of esters is 2. The Morgan fingerprint density at radius 3 is 2.68 bits per heavy atom. The molecular formula is C20H15BrINO5. The van der Waals surface area contributed by atoms with Crippen molar-refractivity contribution in [1.82, 2.24) is 0 Å². The first-order chi connectivity index (χ1) is 13.3. The van der Waals surface area contributed by atoms with Gasteiger partial charge in [0.05, 0.1) is 11.6 Å². The molecule has 144 valence electrons. The van der Waals surface area contributed by atoms with Crippen LogP contribution >= 0.6 is 38.5 Å². The zero-order chi connectivity index (χ0) is 20.4. The Hall–Kier alpha value is -2.20. The topological polar surface area (TPSA) is 74.2 Å². The normalized spacial score (nSPS) is 14.7. The van der Waals surface area contributed by atoms with Crippen molar-refractivity contribution in [2.24, 2.45) is 4.99 Å². The smallest absolute Gasteiger partial charge is 0.363 e. The number of nitrogens with zero attached hydrogens (tertiary/aromatic N) is 1. The van der Waals surface area contributed by atoms with Crippen LogP contribution in [-0.4, -0.2) is 24.9 Å². The lowest BCUT2D eigenvalue weighted by molar-refractivity contribution is -0.132. The van der Waals surface area contributed by atoms with Gasteiger partial charge in [-0.2, -0.15) is 0 Å². The minimum atomic E-state index is -0.537. The molecule has 1 aliphatic rings. The van der Waals surface area contributed by atoms with Gasteiger partial charge in [-0.1, -0.05) is 0 Å². The van der Waals surface area contributed by atoms with Crippen molar-refractivity contribution in [2.45, 2.75) is 13.8 Å². The van der Waals surface area contributed by atoms with E-state index in [9.17, 15) is 9.59 Å². The number of hydrogen-bond acceptors (Lipinski definition) is 6. The summed E-state index contributed by atoms with van der Waals surface area (Å²) < 4.78 is 17.4. The monoisotopic (exact) mass is 555 g/mol. The number of hydrogen-bond donors (Lipinski definition) is 0. The molecule has 0 amide bonds. The van der Waals surface area contributed by atoms with Gasteiger partial charge in [0, 0.05) is 16.1 Å². The van der Waals surface area contributed by atoms with E-state index in [4.69, 9.17) is 14.2 Å². The van der Waals surface area contributed by atoms with Gasteiger partial charge in [0.1, 0.15) is 0 Å². The highest BCUT2D eigenvalue weighted by molar-refractivity contribution is 14.1. The minimum absolute atomic E-state index is 0.167. The van der Waals surface area contributed by atoms with Gasteiger partial charge in [-0.15, -0.1) is 0 Å². The van der Waals surface area contributed by atoms with E-state index in [2.05, 4.69) is 43.5 Å². The van der Waals surface area contributed by atoms with Crippen molar-refractivity contribution in [3.8, 4) is 11.5 Å². The van der Waals surface area contributed by atoms with E-state index in [0.717, 1.165) is 14.7 Å². The second-order valence-corrected chi connectivity index (χ2v) is 7.94. The summed E-state index contributed by atoms with van der Waals surface area (Å²) >= 11 is 5.60. The number of halogens is 2. The minimum Gasteiger partial charge on any atom is -0.493 e. The predicted octanol–water partition coefficient (Wildman–Crippen LogP) is 4.64. The van der Waals surface area contributed by atoms with E-state index in [1.54, 1.807) is 18.2 Å². The molecule has 8 heteroatoms. The number of carbonyl (C=O) groups excluding carboxylic acids is 2. The molecule has 0 fully saturated rings. The number of ether oxygens (including phenoxy) is 3. The SMILES string of the molecule is COc1cc(/C=C2\N=C(c3ccc(I)c(C)c3)OC2=O)cc(Br)c1OC(C)=O. The number of rotatable bonds is 4. The molecule has 0 atom stereocenters. The molecule has 0 saturated carbocycles. The molecule has 3 rings (SSSR count). The Bertz CT molecular complexity index is 1050. The third-order valence-electron chi connectivity index (χ3n) is 3.83. The lowest BCUT2D eigenvalue weighted by Gasteiger charge is -2.11. The van der Waals surface area contributed by atoms with E-state index in [0.29, 0.717) is 15.8 Å². The van der Waals surface area contributed by atoms with Crippen LogP contribution in [0.5, 0.6) is 11.5 Å². The van der Waals surface area contributed by atoms with Crippen molar-refractivity contribution in [3.05, 3.63) is 60.8 Å². The molecular weight excluding hydrogens is 541 g/mol. The summed E-state index contributed by atoms with van der Waals surface area (Å²) in [5, 5.41) is 0. The van der Waals surface area contributed by atoms with Crippen LogP contribution in [0.25, 0.3) is 6.08 Å². The number of methoxy groups -OCH3 is 1. The third-order valence-corrected chi connectivity index (χ3v) is 5.63. The molecule has 0 saturated heterocycles. The first-order valence-electron chi connectivity index (χ1n) is 8.13. The summed E-state index contributed by atoms with van der Waals surface area (Å²) in [6, 6.07) is 9.07. The molecule has 0 aromatic heterocycles. The van der Waals surface area contributed by atoms with E-state index in [-0.39, 0.29) is 17.3 Å². The van der Waals surface area contributed by atoms with Crippen molar-refractivity contribution >= 4 is 62.4 Å². The number of aliphatic imine (C=N–C) groups is 1. The molecule has 6 nitrogen and oxygen atoms in total. The fraction of sp³-hybridized carbons (Fsp3) is 0.150. The van der Waals surface area contributed by atoms with Gasteiger partial charge < -0.3 is 14.2 Å². The summed E-state index contributed by atoms with van der Waals surface area (Å²) in [6.45, 7) is 3.28. The number of aryl methyl sites for hydroxylation is 1. The van der Waals surface area contributed by atoms with Crippen LogP contribution in [0.15, 0.2) is 45.5 Å². The fourth-order valence-corrected chi connectivity index (χ4v) is 3.41. The van der Waals surface area contributed by atoms with Gasteiger partial charge in [-0.3, -0.25) is 4.79 Å². The highest BCUT2D eigenvalue weighted by Gasteiger charge is 2.25. The van der Waals surface area contributed by atoms with Crippen LogP contribution < -0.4 is 9.47 Å². The van der Waals surface area contributed by atoms with E-state index in [1.807, 2.05) is 25.1 Å². The maximum absolute atomic E-state index is 12.2. The summed E-state index contributed by atoms with van der Waals surface area (Å²) in [4.78, 5) is 27.8. The van der Waals surface area contributed by atoms with Crippen molar-refractivity contribution in [3.63, 3.8) is 0 Å². The van der Waals surface area contributed by atoms with Crippen molar-refractivity contribution < 1.29 is 23.8 Å². The molecule has 0 radical (unpaired) electrons. The van der Waals surface area contributed by atoms with Gasteiger partial charge in [-0.25, -0.2) is 9.79 Å². The van der Waals surface area contributed by atoms with E-state index in [1.165, 1.54) is 14.0 Å². The maximum Gasteiger partial charge on any atom is 0.363 e. The molecule has 2 aromatic carbocycles. The highest BCUT2D eigenvalue weighted by atomic mass is 127. The second kappa shape index (κ2) is 8.44. The van der Waals surface area contributed by atoms with Crippen LogP contribution in [0.1, 0.15) is 23.6 Å². The molecule has 0 aliphatic carbocycles. The van der Waals surface area contributed by atoms with Crippen LogP contribution in [0, 0.1) is 10.5 Å². The Morgan fingerprint density at radius 1 is 1.29 bits per heavy atom. The third kappa shape index (κ3) is 4.44. The highest BCUT2D eigenvalue weighted by Crippen LogP contribution is 2.37. The van der Waals surface area contributed by atoms with Gasteiger partial charge in [0.25, 0.3) is 0 Å². The predicted molar refractivity (Wildman–Crippen MR) is 117 cm³/mol. The fourth-order valence-electron chi connectivity index (χ4n) is 2.53. The van der Waals surface area contributed by atoms with Crippen LogP contribution in [0.2, 0.25) is 0 Å². The van der Waals surface area contributed by atoms with E-state index >= 15 is 0 Å². The Morgan fingerprint density at radius 2 is 2.04 bits per heavy atom. The molecule has 2 aromatic rings. The summed E-state index contributed by atoms with van der Waals surface area (Å²) in [5.74, 6) is -0.125. The van der Waals surface area contributed by atoms with Gasteiger partial charge in [0.15, 0.2) is 17.2 Å². The average molecular weight is 556 g/mol. The number of cyclic esters (lactones) is 1. The van der Waals surface area contributed by atoms with Crippen molar-refractivity contribution in [2.75, 3.05) is 7.11 Å². The molecule has 0 unspecified atom stereocenters. The largest absolute Gasteiger partial charge is 0.493 e. The van der Waals surface area contributed by atoms with Crippen LogP contribution in [0.3, 0.4) is 0 Å². The van der Waals surface area contributed by atoms with Gasteiger partial charge in [0.2, 0.25) is 5.90 Å². The Labute approximate surface area is 183 Å². The van der Waals surface area contributed by atoms with Crippen LogP contribution in [-0.2, 0) is 14.3 Å². The summed E-state index contributed by atoms with van der Waals surface area (Å²) in [5.41, 5.74) is 2.61. The Kier molecular flexibility index (Phi) is 6.19. The second-order valence-electron chi connectivity index (χ2n) is 5.93. The van der Waals surface area contributed by atoms with Crippen molar-refractivity contribution in [1.29, 1.82) is 0 Å². The first kappa shape index (κ1) is 20.5. The maximum atomic E-state index is 12.2. The first-order valence-corrected chi connectivity index (χ1v) is 10.0. The number of carbonyl (C=O) groups is 2.